The molecule has 0 bridgehead atoms. The van der Waals surface area contributed by atoms with Crippen LogP contribution in [0.25, 0.3) is 0 Å². The number of carbonyl (C=O) groups excluding carboxylic acids is 1. The van der Waals surface area contributed by atoms with Gasteiger partial charge in [-0.15, -0.1) is 0 Å². The molecule has 3 N–H and O–H groups in total. The molecule has 4 aromatic rings. The van der Waals surface area contributed by atoms with Crippen molar-refractivity contribution in [2.75, 3.05) is 30.2 Å². The van der Waals surface area contributed by atoms with Gasteiger partial charge in [0.25, 0.3) is 5.91 Å². The Labute approximate surface area is 190 Å². The molecular weight excluding hydrogens is 422 g/mol. The molecule has 0 aliphatic heterocycles. The van der Waals surface area contributed by atoms with Gasteiger partial charge in [-0.05, 0) is 54.6 Å². The van der Waals surface area contributed by atoms with Crippen LogP contribution in [0, 0.1) is 0 Å². The minimum Gasteiger partial charge on any atom is -0.497 e. The summed E-state index contributed by atoms with van der Waals surface area (Å²) in [5.74, 6) is 1.77. The van der Waals surface area contributed by atoms with E-state index in [4.69, 9.17) is 9.47 Å². The molecule has 10 nitrogen and oxygen atoms in total. The van der Waals surface area contributed by atoms with Gasteiger partial charge in [-0.1, -0.05) is 0 Å². The topological polar surface area (TPSA) is 123 Å². The normalized spacial score (nSPS) is 10.2. The molecule has 10 heteroatoms. The maximum Gasteiger partial charge on any atom is 0.274 e. The molecule has 2 heterocycles. The summed E-state index contributed by atoms with van der Waals surface area (Å²) in [7, 11) is 3.20. The molecule has 2 aromatic heterocycles. The Hall–Kier alpha value is -4.73. The van der Waals surface area contributed by atoms with Crippen LogP contribution < -0.4 is 25.4 Å². The molecule has 4 rings (SSSR count). The van der Waals surface area contributed by atoms with Gasteiger partial charge >= 0.3 is 0 Å². The molecule has 0 spiro atoms. The Kier molecular flexibility index (Phi) is 6.55. The van der Waals surface area contributed by atoms with Crippen LogP contribution in [0.2, 0.25) is 0 Å². The first-order chi connectivity index (χ1) is 16.1. The van der Waals surface area contributed by atoms with Gasteiger partial charge in [0, 0.05) is 17.6 Å². The molecule has 0 unspecified atom stereocenters. The minimum absolute atomic E-state index is 0.181. The lowest BCUT2D eigenvalue weighted by Gasteiger charge is -2.12. The maximum absolute atomic E-state index is 12.8. The number of anilines is 5. The second kappa shape index (κ2) is 10.1. The fourth-order valence-corrected chi connectivity index (χ4v) is 2.87. The van der Waals surface area contributed by atoms with Gasteiger partial charge in [-0.3, -0.25) is 4.79 Å². The van der Waals surface area contributed by atoms with Crippen molar-refractivity contribution >= 4 is 34.7 Å². The van der Waals surface area contributed by atoms with Crippen molar-refractivity contribution < 1.29 is 14.3 Å². The zero-order valence-electron chi connectivity index (χ0n) is 17.9. The van der Waals surface area contributed by atoms with Gasteiger partial charge in [-0.2, -0.15) is 0 Å². The van der Waals surface area contributed by atoms with Gasteiger partial charge in [0.2, 0.25) is 5.95 Å². The lowest BCUT2D eigenvalue weighted by atomic mass is 10.3. The van der Waals surface area contributed by atoms with E-state index in [1.54, 1.807) is 14.2 Å². The Balaban J connectivity index is 1.47. The SMILES string of the molecule is COc1ccc(Nc2nccc(C(=O)Nc3cncnc3Nc3ccc(OC)cc3)n2)cc1. The highest BCUT2D eigenvalue weighted by Gasteiger charge is 2.13. The zero-order chi connectivity index (χ0) is 23.0. The first kappa shape index (κ1) is 21.5. The van der Waals surface area contributed by atoms with E-state index in [1.807, 2.05) is 48.5 Å². The monoisotopic (exact) mass is 443 g/mol. The molecule has 1 amide bonds. The number of ether oxygens (including phenoxy) is 2. The maximum atomic E-state index is 12.8. The molecular formula is C23H21N7O3. The Morgan fingerprint density at radius 2 is 1.45 bits per heavy atom. The van der Waals surface area contributed by atoms with Gasteiger partial charge in [0.05, 0.1) is 20.4 Å². The van der Waals surface area contributed by atoms with E-state index in [-0.39, 0.29) is 11.6 Å². The van der Waals surface area contributed by atoms with Crippen LogP contribution in [-0.4, -0.2) is 40.1 Å². The second-order valence-corrected chi connectivity index (χ2v) is 6.71. The lowest BCUT2D eigenvalue weighted by Crippen LogP contribution is -2.16. The number of rotatable bonds is 8. The average molecular weight is 443 g/mol. The third kappa shape index (κ3) is 5.50. The molecule has 0 fully saturated rings. The van der Waals surface area contributed by atoms with Crippen LogP contribution >= 0.6 is 0 Å². The second-order valence-electron chi connectivity index (χ2n) is 6.71. The molecule has 0 saturated carbocycles. The van der Waals surface area contributed by atoms with Crippen molar-refractivity contribution in [1.82, 2.24) is 19.9 Å². The number of nitrogens with zero attached hydrogens (tertiary/aromatic N) is 4. The molecule has 0 aliphatic carbocycles. The predicted octanol–water partition coefficient (Wildman–Crippen LogP) is 4.02. The van der Waals surface area contributed by atoms with Crippen molar-refractivity contribution in [3.05, 3.63) is 79.0 Å². The summed E-state index contributed by atoms with van der Waals surface area (Å²) < 4.78 is 10.3. The highest BCUT2D eigenvalue weighted by molar-refractivity contribution is 6.04. The van der Waals surface area contributed by atoms with E-state index in [2.05, 4.69) is 35.9 Å². The Bertz CT molecular complexity index is 1230. The highest BCUT2D eigenvalue weighted by atomic mass is 16.5. The highest BCUT2D eigenvalue weighted by Crippen LogP contribution is 2.24. The van der Waals surface area contributed by atoms with Crippen molar-refractivity contribution in [3.8, 4) is 11.5 Å². The fourth-order valence-electron chi connectivity index (χ4n) is 2.87. The summed E-state index contributed by atoms with van der Waals surface area (Å²) in [5, 5.41) is 9.01. The van der Waals surface area contributed by atoms with E-state index in [0.29, 0.717) is 11.5 Å². The predicted molar refractivity (Wildman–Crippen MR) is 125 cm³/mol. The van der Waals surface area contributed by atoms with Crippen molar-refractivity contribution in [1.29, 1.82) is 0 Å². The largest absolute Gasteiger partial charge is 0.497 e. The van der Waals surface area contributed by atoms with Crippen LogP contribution in [0.4, 0.5) is 28.8 Å². The quantitative estimate of drug-likeness (QED) is 0.370. The summed E-state index contributed by atoms with van der Waals surface area (Å²) >= 11 is 0. The summed E-state index contributed by atoms with van der Waals surface area (Å²) in [6, 6.07) is 16.1. The summed E-state index contributed by atoms with van der Waals surface area (Å²) in [5.41, 5.74) is 2.12. The third-order valence-electron chi connectivity index (χ3n) is 4.55. The molecule has 0 atom stereocenters. The lowest BCUT2D eigenvalue weighted by molar-refractivity contribution is 0.102. The average Bonchev–Trinajstić information content (AvgIpc) is 2.86. The summed E-state index contributed by atoms with van der Waals surface area (Å²) in [6.07, 6.45) is 4.41. The number of hydrogen-bond donors (Lipinski definition) is 3. The molecule has 2 aromatic carbocycles. The van der Waals surface area contributed by atoms with Crippen LogP contribution in [0.3, 0.4) is 0 Å². The number of nitrogens with one attached hydrogen (secondary N) is 3. The van der Waals surface area contributed by atoms with E-state index in [9.17, 15) is 4.79 Å². The Morgan fingerprint density at radius 1 is 0.818 bits per heavy atom. The van der Waals surface area contributed by atoms with Gasteiger partial charge in [0.1, 0.15) is 29.2 Å². The van der Waals surface area contributed by atoms with Crippen LogP contribution in [-0.2, 0) is 0 Å². The fraction of sp³-hybridized carbons (Fsp3) is 0.0870. The van der Waals surface area contributed by atoms with Crippen LogP contribution in [0.15, 0.2) is 73.3 Å². The molecule has 0 saturated heterocycles. The summed E-state index contributed by atoms with van der Waals surface area (Å²) in [6.45, 7) is 0. The van der Waals surface area contributed by atoms with Crippen LogP contribution in [0.5, 0.6) is 11.5 Å². The van der Waals surface area contributed by atoms with E-state index < -0.39 is 5.91 Å². The van der Waals surface area contributed by atoms with Crippen molar-refractivity contribution in [2.45, 2.75) is 0 Å². The zero-order valence-corrected chi connectivity index (χ0v) is 17.9. The third-order valence-corrected chi connectivity index (χ3v) is 4.55. The smallest absolute Gasteiger partial charge is 0.274 e. The molecule has 0 radical (unpaired) electrons. The van der Waals surface area contributed by atoms with Gasteiger partial charge < -0.3 is 25.4 Å². The molecule has 33 heavy (non-hydrogen) atoms. The number of aromatic nitrogens is 4. The van der Waals surface area contributed by atoms with E-state index >= 15 is 0 Å². The first-order valence-corrected chi connectivity index (χ1v) is 9.91. The molecule has 0 aliphatic rings. The van der Waals surface area contributed by atoms with Crippen molar-refractivity contribution in [2.24, 2.45) is 0 Å². The van der Waals surface area contributed by atoms with Crippen molar-refractivity contribution in [3.63, 3.8) is 0 Å². The van der Waals surface area contributed by atoms with Gasteiger partial charge in [-0.25, -0.2) is 19.9 Å². The Morgan fingerprint density at radius 3 is 2.09 bits per heavy atom. The number of methoxy groups -OCH3 is 2. The minimum atomic E-state index is -0.428. The number of amides is 1. The summed E-state index contributed by atoms with van der Waals surface area (Å²) in [4.78, 5) is 29.6. The van der Waals surface area contributed by atoms with Gasteiger partial charge in [0.15, 0.2) is 5.82 Å². The van der Waals surface area contributed by atoms with Crippen LogP contribution in [0.1, 0.15) is 10.5 Å². The number of benzene rings is 2. The number of carbonyl (C=O) groups is 1. The standard InChI is InChI=1S/C23H21N7O3/c1-32-17-7-3-15(4-8-17)27-21-20(13-24-14-26-21)29-22(31)19-11-12-25-23(30-19)28-16-5-9-18(33-2)10-6-16/h3-14H,1-2H3,(H,29,31)(H,24,26,27)(H,25,28,30). The van der Waals surface area contributed by atoms with E-state index in [0.717, 1.165) is 22.9 Å². The van der Waals surface area contributed by atoms with E-state index in [1.165, 1.54) is 24.8 Å². The first-order valence-electron chi connectivity index (χ1n) is 9.91. The number of hydrogen-bond acceptors (Lipinski definition) is 9. The molecule has 166 valence electrons.